The average molecular weight is 377 g/mol. The highest BCUT2D eigenvalue weighted by Gasteiger charge is 2.13. The molecule has 1 amide bonds. The Kier molecular flexibility index (Phi) is 5.40. The summed E-state index contributed by atoms with van der Waals surface area (Å²) in [6.45, 7) is 2.03. The van der Waals surface area contributed by atoms with Crippen LogP contribution in [-0.4, -0.2) is 16.1 Å². The van der Waals surface area contributed by atoms with E-state index < -0.39 is 17.5 Å². The van der Waals surface area contributed by atoms with Crippen molar-refractivity contribution in [2.45, 2.75) is 17.0 Å². The summed E-state index contributed by atoms with van der Waals surface area (Å²) in [4.78, 5) is 12.0. The number of aromatic nitrogens is 2. The minimum Gasteiger partial charge on any atom is -0.296 e. The molecule has 0 saturated carbocycles. The molecule has 1 N–H and O–H groups in total. The molecule has 0 radical (unpaired) electrons. The third-order valence-corrected chi connectivity index (χ3v) is 5.28. The second-order valence-electron chi connectivity index (χ2n) is 5.26. The molecule has 128 valence electrons. The van der Waals surface area contributed by atoms with E-state index in [1.807, 2.05) is 31.2 Å². The first-order chi connectivity index (χ1) is 12.0. The van der Waals surface area contributed by atoms with Gasteiger partial charge in [-0.05, 0) is 24.6 Å². The van der Waals surface area contributed by atoms with Crippen molar-refractivity contribution in [3.05, 3.63) is 70.8 Å². The van der Waals surface area contributed by atoms with Gasteiger partial charge >= 0.3 is 0 Å². The zero-order valence-electron chi connectivity index (χ0n) is 13.1. The van der Waals surface area contributed by atoms with Crippen LogP contribution >= 0.6 is 23.1 Å². The molecule has 0 aliphatic rings. The molecule has 3 rings (SSSR count). The summed E-state index contributed by atoms with van der Waals surface area (Å²) in [5.74, 6) is -1.52. The zero-order valence-corrected chi connectivity index (χ0v) is 14.8. The Balaban J connectivity index is 1.61. The van der Waals surface area contributed by atoms with Gasteiger partial charge in [-0.2, -0.15) is 0 Å². The van der Waals surface area contributed by atoms with E-state index in [2.05, 4.69) is 15.5 Å². The minimum atomic E-state index is -0.809. The van der Waals surface area contributed by atoms with Crippen LogP contribution in [0, 0.1) is 18.6 Å². The number of rotatable bonds is 5. The Morgan fingerprint density at radius 2 is 1.80 bits per heavy atom. The molecule has 0 atom stereocenters. The standard InChI is InChI=1S/C17H13F2N3OS2/c1-10-2-4-11(5-3-10)9-24-17-22-21-16(25-17)20-15(23)12-6-13(18)8-14(19)7-12/h2-8H,9H2,1H3,(H,20,21,23). The van der Waals surface area contributed by atoms with E-state index in [0.29, 0.717) is 10.4 Å². The third kappa shape index (κ3) is 4.83. The number of nitrogens with one attached hydrogen (secondary N) is 1. The van der Waals surface area contributed by atoms with E-state index in [1.165, 1.54) is 28.7 Å². The number of amides is 1. The molecule has 3 aromatic rings. The van der Waals surface area contributed by atoms with Gasteiger partial charge in [-0.3, -0.25) is 10.1 Å². The molecule has 0 aliphatic carbocycles. The summed E-state index contributed by atoms with van der Waals surface area (Å²) in [7, 11) is 0. The smallest absolute Gasteiger partial charge is 0.257 e. The van der Waals surface area contributed by atoms with Crippen LogP contribution in [-0.2, 0) is 5.75 Å². The van der Waals surface area contributed by atoms with Crippen molar-refractivity contribution in [3.8, 4) is 0 Å². The van der Waals surface area contributed by atoms with E-state index >= 15 is 0 Å². The van der Waals surface area contributed by atoms with Gasteiger partial charge in [0.1, 0.15) is 11.6 Å². The Morgan fingerprint density at radius 3 is 2.48 bits per heavy atom. The van der Waals surface area contributed by atoms with Crippen LogP contribution in [0.2, 0.25) is 0 Å². The average Bonchev–Trinajstić information content (AvgIpc) is 3.01. The van der Waals surface area contributed by atoms with Crippen molar-refractivity contribution >= 4 is 34.1 Å². The molecule has 0 aliphatic heterocycles. The van der Waals surface area contributed by atoms with Gasteiger partial charge in [0.15, 0.2) is 4.34 Å². The van der Waals surface area contributed by atoms with E-state index in [9.17, 15) is 13.6 Å². The second-order valence-corrected chi connectivity index (χ2v) is 7.46. The van der Waals surface area contributed by atoms with Crippen molar-refractivity contribution in [2.75, 3.05) is 5.32 Å². The van der Waals surface area contributed by atoms with Crippen molar-refractivity contribution in [2.24, 2.45) is 0 Å². The maximum atomic E-state index is 13.2. The summed E-state index contributed by atoms with van der Waals surface area (Å²) < 4.78 is 27.0. The molecular weight excluding hydrogens is 364 g/mol. The van der Waals surface area contributed by atoms with E-state index in [0.717, 1.165) is 23.4 Å². The Morgan fingerprint density at radius 1 is 1.12 bits per heavy atom. The summed E-state index contributed by atoms with van der Waals surface area (Å²) in [5, 5.41) is 10.7. The Labute approximate surface area is 151 Å². The predicted octanol–water partition coefficient (Wildman–Crippen LogP) is 4.67. The number of carbonyl (C=O) groups is 1. The molecule has 4 nitrogen and oxygen atoms in total. The molecule has 0 fully saturated rings. The molecule has 25 heavy (non-hydrogen) atoms. The van der Waals surface area contributed by atoms with E-state index in [4.69, 9.17) is 0 Å². The Bertz CT molecular complexity index is 877. The first kappa shape index (κ1) is 17.5. The summed E-state index contributed by atoms with van der Waals surface area (Å²) >= 11 is 2.71. The lowest BCUT2D eigenvalue weighted by Gasteiger charge is -2.01. The molecule has 0 saturated heterocycles. The summed E-state index contributed by atoms with van der Waals surface area (Å²) in [5.41, 5.74) is 2.25. The number of thioether (sulfide) groups is 1. The first-order valence-electron chi connectivity index (χ1n) is 7.29. The van der Waals surface area contributed by atoms with Crippen LogP contribution in [0.25, 0.3) is 0 Å². The van der Waals surface area contributed by atoms with Crippen LogP contribution in [0.1, 0.15) is 21.5 Å². The molecule has 1 heterocycles. The zero-order chi connectivity index (χ0) is 17.8. The molecule has 0 unspecified atom stereocenters. The van der Waals surface area contributed by atoms with Crippen LogP contribution < -0.4 is 5.32 Å². The number of benzene rings is 2. The lowest BCUT2D eigenvalue weighted by Crippen LogP contribution is -2.12. The number of anilines is 1. The fourth-order valence-corrected chi connectivity index (χ4v) is 3.71. The topological polar surface area (TPSA) is 54.9 Å². The number of aryl methyl sites for hydroxylation is 1. The van der Waals surface area contributed by atoms with Crippen LogP contribution in [0.5, 0.6) is 0 Å². The summed E-state index contributed by atoms with van der Waals surface area (Å²) in [6, 6.07) is 10.8. The van der Waals surface area contributed by atoms with Crippen LogP contribution in [0.4, 0.5) is 13.9 Å². The van der Waals surface area contributed by atoms with Crippen LogP contribution in [0.15, 0.2) is 46.8 Å². The second kappa shape index (κ2) is 7.71. The highest BCUT2D eigenvalue weighted by atomic mass is 32.2. The molecule has 0 bridgehead atoms. The third-order valence-electron chi connectivity index (χ3n) is 3.23. The molecule has 8 heteroatoms. The monoisotopic (exact) mass is 377 g/mol. The number of hydrogen-bond donors (Lipinski definition) is 1. The SMILES string of the molecule is Cc1ccc(CSc2nnc(NC(=O)c3cc(F)cc(F)c3)s2)cc1. The van der Waals surface area contributed by atoms with Gasteiger partial charge in [-0.15, -0.1) is 10.2 Å². The van der Waals surface area contributed by atoms with Gasteiger partial charge in [0.25, 0.3) is 5.91 Å². The summed E-state index contributed by atoms with van der Waals surface area (Å²) in [6.07, 6.45) is 0. The fraction of sp³-hybridized carbons (Fsp3) is 0.118. The highest BCUT2D eigenvalue weighted by molar-refractivity contribution is 8.00. The lowest BCUT2D eigenvalue weighted by molar-refractivity contribution is 0.102. The maximum Gasteiger partial charge on any atom is 0.257 e. The lowest BCUT2D eigenvalue weighted by atomic mass is 10.2. The van der Waals surface area contributed by atoms with Gasteiger partial charge < -0.3 is 0 Å². The number of hydrogen-bond acceptors (Lipinski definition) is 5. The van der Waals surface area contributed by atoms with Gasteiger partial charge in [0, 0.05) is 17.4 Å². The van der Waals surface area contributed by atoms with Gasteiger partial charge in [-0.1, -0.05) is 52.9 Å². The first-order valence-corrected chi connectivity index (χ1v) is 9.09. The van der Waals surface area contributed by atoms with Crippen molar-refractivity contribution in [3.63, 3.8) is 0 Å². The minimum absolute atomic E-state index is 0.110. The largest absolute Gasteiger partial charge is 0.296 e. The normalized spacial score (nSPS) is 10.7. The highest BCUT2D eigenvalue weighted by Crippen LogP contribution is 2.28. The van der Waals surface area contributed by atoms with Crippen LogP contribution in [0.3, 0.4) is 0 Å². The van der Waals surface area contributed by atoms with Gasteiger partial charge in [0.05, 0.1) is 0 Å². The molecular formula is C17H13F2N3OS2. The van der Waals surface area contributed by atoms with Crippen molar-refractivity contribution in [1.29, 1.82) is 0 Å². The molecule has 1 aromatic heterocycles. The molecule has 0 spiro atoms. The predicted molar refractivity (Wildman–Crippen MR) is 95.0 cm³/mol. The van der Waals surface area contributed by atoms with Gasteiger partial charge in [0.2, 0.25) is 5.13 Å². The van der Waals surface area contributed by atoms with Crippen molar-refractivity contribution in [1.82, 2.24) is 10.2 Å². The molecule has 2 aromatic carbocycles. The number of carbonyl (C=O) groups excluding carboxylic acids is 1. The van der Waals surface area contributed by atoms with Gasteiger partial charge in [-0.25, -0.2) is 8.78 Å². The Hall–Kier alpha value is -2.32. The fourth-order valence-electron chi connectivity index (χ4n) is 2.00. The van der Waals surface area contributed by atoms with Crippen molar-refractivity contribution < 1.29 is 13.6 Å². The quantitative estimate of drug-likeness (QED) is 0.519. The van der Waals surface area contributed by atoms with E-state index in [1.54, 1.807) is 0 Å². The number of halogens is 2. The van der Waals surface area contributed by atoms with E-state index in [-0.39, 0.29) is 10.7 Å². The number of nitrogens with zero attached hydrogens (tertiary/aromatic N) is 2. The maximum absolute atomic E-state index is 13.2.